The third-order valence-electron chi connectivity index (χ3n) is 4.08. The predicted octanol–water partition coefficient (Wildman–Crippen LogP) is 4.49. The van der Waals surface area contributed by atoms with Crippen LogP contribution in [0.15, 0.2) is 18.2 Å². The van der Waals surface area contributed by atoms with Gasteiger partial charge in [0.05, 0.1) is 5.02 Å². The Kier molecular flexibility index (Phi) is 5.97. The fourth-order valence-electron chi connectivity index (χ4n) is 2.93. The van der Waals surface area contributed by atoms with Crippen molar-refractivity contribution in [2.24, 2.45) is 11.7 Å². The third kappa shape index (κ3) is 3.36. The molecule has 3 nitrogen and oxygen atoms in total. The van der Waals surface area contributed by atoms with Crippen LogP contribution in [0.5, 0.6) is 0 Å². The predicted molar refractivity (Wildman–Crippen MR) is 96.7 cm³/mol. The Bertz CT molecular complexity index is 689. The van der Waals surface area contributed by atoms with Crippen molar-refractivity contribution in [3.05, 3.63) is 33.1 Å². The van der Waals surface area contributed by atoms with Crippen molar-refractivity contribution >= 4 is 62.9 Å². The number of hydrogen-bond donors (Lipinski definition) is 2. The van der Waals surface area contributed by atoms with Crippen molar-refractivity contribution in [1.82, 2.24) is 5.32 Å². The van der Waals surface area contributed by atoms with Crippen LogP contribution in [0.1, 0.15) is 28.9 Å². The normalized spacial score (nSPS) is 20.9. The number of thiophene rings is 1. The largest absolute Gasteiger partial charge is 0.348 e. The van der Waals surface area contributed by atoms with E-state index in [0.29, 0.717) is 27.4 Å². The molecule has 1 aliphatic carbocycles. The third-order valence-corrected chi connectivity index (χ3v) is 5.97. The van der Waals surface area contributed by atoms with Gasteiger partial charge < -0.3 is 11.1 Å². The molecule has 120 valence electrons. The van der Waals surface area contributed by atoms with Crippen LogP contribution in [-0.2, 0) is 0 Å². The lowest BCUT2D eigenvalue weighted by atomic mass is 10.0. The van der Waals surface area contributed by atoms with Gasteiger partial charge in [0.1, 0.15) is 4.88 Å². The lowest BCUT2D eigenvalue weighted by molar-refractivity contribution is 0.0933. The number of amides is 1. The Balaban J connectivity index is 0.00000176. The SMILES string of the molecule is Cl.NCC1CCCC1NC(=O)c1sc2cc(Cl)ccc2c1Cl. The smallest absolute Gasteiger partial charge is 0.263 e. The molecule has 7 heteroatoms. The summed E-state index contributed by atoms with van der Waals surface area (Å²) in [6.45, 7) is 0.612. The van der Waals surface area contributed by atoms with Gasteiger partial charge in [-0.25, -0.2) is 0 Å². The summed E-state index contributed by atoms with van der Waals surface area (Å²) in [5.41, 5.74) is 5.76. The van der Waals surface area contributed by atoms with E-state index in [1.807, 2.05) is 12.1 Å². The van der Waals surface area contributed by atoms with E-state index in [0.717, 1.165) is 29.3 Å². The number of fused-ring (bicyclic) bond motifs is 1. The number of nitrogens with two attached hydrogens (primary N) is 1. The maximum atomic E-state index is 12.5. The average molecular weight is 380 g/mol. The van der Waals surface area contributed by atoms with Crippen LogP contribution in [0.25, 0.3) is 10.1 Å². The van der Waals surface area contributed by atoms with Gasteiger partial charge >= 0.3 is 0 Å². The Morgan fingerprint density at radius 2 is 2.14 bits per heavy atom. The fraction of sp³-hybridized carbons (Fsp3) is 0.400. The molecule has 1 fully saturated rings. The van der Waals surface area contributed by atoms with E-state index in [1.54, 1.807) is 6.07 Å². The van der Waals surface area contributed by atoms with Gasteiger partial charge in [0.25, 0.3) is 5.91 Å². The maximum absolute atomic E-state index is 12.5. The standard InChI is InChI=1S/C15H16Cl2N2OS.ClH/c16-9-4-5-10-12(6-9)21-14(13(10)17)15(20)19-11-3-1-2-8(11)7-18;/h4-6,8,11H,1-3,7,18H2,(H,19,20);1H. The van der Waals surface area contributed by atoms with Crippen molar-refractivity contribution < 1.29 is 4.79 Å². The molecule has 1 aliphatic rings. The first-order chi connectivity index (χ1) is 10.1. The molecular weight excluding hydrogens is 363 g/mol. The Morgan fingerprint density at radius 3 is 2.86 bits per heavy atom. The lowest BCUT2D eigenvalue weighted by Crippen LogP contribution is -2.39. The molecule has 1 aromatic heterocycles. The summed E-state index contributed by atoms with van der Waals surface area (Å²) in [6.07, 6.45) is 3.18. The van der Waals surface area contributed by atoms with E-state index in [4.69, 9.17) is 28.9 Å². The van der Waals surface area contributed by atoms with Gasteiger partial charge in [-0.1, -0.05) is 35.7 Å². The van der Waals surface area contributed by atoms with Crippen molar-refractivity contribution in [2.45, 2.75) is 25.3 Å². The Labute approximate surface area is 149 Å². The highest BCUT2D eigenvalue weighted by Gasteiger charge is 2.29. The molecule has 1 amide bonds. The Hall–Kier alpha value is -0.520. The maximum Gasteiger partial charge on any atom is 0.263 e. The zero-order valence-corrected chi connectivity index (χ0v) is 14.9. The minimum Gasteiger partial charge on any atom is -0.348 e. The molecule has 0 radical (unpaired) electrons. The molecular formula is C15H17Cl3N2OS. The summed E-state index contributed by atoms with van der Waals surface area (Å²) in [5.74, 6) is 0.263. The highest BCUT2D eigenvalue weighted by molar-refractivity contribution is 7.21. The van der Waals surface area contributed by atoms with Gasteiger partial charge in [0, 0.05) is 21.2 Å². The highest BCUT2D eigenvalue weighted by atomic mass is 35.5. The Morgan fingerprint density at radius 1 is 1.36 bits per heavy atom. The second kappa shape index (κ2) is 7.37. The number of rotatable bonds is 3. The topological polar surface area (TPSA) is 55.1 Å². The van der Waals surface area contributed by atoms with Crippen LogP contribution in [0.4, 0.5) is 0 Å². The van der Waals surface area contributed by atoms with Crippen molar-refractivity contribution in [3.8, 4) is 0 Å². The number of carbonyl (C=O) groups is 1. The summed E-state index contributed by atoms with van der Waals surface area (Å²) >= 11 is 13.7. The van der Waals surface area contributed by atoms with Gasteiger partial charge in [-0.3, -0.25) is 4.79 Å². The zero-order valence-electron chi connectivity index (χ0n) is 11.8. The molecule has 2 atom stereocenters. The second-order valence-electron chi connectivity index (χ2n) is 5.39. The van der Waals surface area contributed by atoms with Gasteiger partial charge in [-0.05, 0) is 37.4 Å². The number of halogens is 3. The highest BCUT2D eigenvalue weighted by Crippen LogP contribution is 2.37. The summed E-state index contributed by atoms with van der Waals surface area (Å²) < 4.78 is 0.930. The van der Waals surface area contributed by atoms with E-state index in [-0.39, 0.29) is 24.4 Å². The molecule has 0 saturated heterocycles. The van der Waals surface area contributed by atoms with Crippen LogP contribution in [0, 0.1) is 5.92 Å². The van der Waals surface area contributed by atoms with Crippen LogP contribution in [0.3, 0.4) is 0 Å². The van der Waals surface area contributed by atoms with E-state index >= 15 is 0 Å². The average Bonchev–Trinajstić information content (AvgIpc) is 3.03. The molecule has 1 heterocycles. The number of carbonyl (C=O) groups excluding carboxylic acids is 1. The number of benzene rings is 1. The molecule has 2 aromatic rings. The quantitative estimate of drug-likeness (QED) is 0.825. The van der Waals surface area contributed by atoms with Gasteiger partial charge in [-0.2, -0.15) is 0 Å². The van der Waals surface area contributed by atoms with Crippen LogP contribution < -0.4 is 11.1 Å². The van der Waals surface area contributed by atoms with Crippen LogP contribution in [-0.4, -0.2) is 18.5 Å². The van der Waals surface area contributed by atoms with Crippen molar-refractivity contribution in [1.29, 1.82) is 0 Å². The van der Waals surface area contributed by atoms with Crippen LogP contribution >= 0.6 is 46.9 Å². The summed E-state index contributed by atoms with van der Waals surface area (Å²) in [6, 6.07) is 5.63. The zero-order chi connectivity index (χ0) is 15.0. The number of hydrogen-bond acceptors (Lipinski definition) is 3. The van der Waals surface area contributed by atoms with Gasteiger partial charge in [-0.15, -0.1) is 23.7 Å². The number of nitrogens with one attached hydrogen (secondary N) is 1. The molecule has 3 N–H and O–H groups in total. The van der Waals surface area contributed by atoms with Crippen molar-refractivity contribution in [3.63, 3.8) is 0 Å². The molecule has 1 saturated carbocycles. The molecule has 1 aromatic carbocycles. The summed E-state index contributed by atoms with van der Waals surface area (Å²) in [5, 5.41) is 5.11. The summed E-state index contributed by atoms with van der Waals surface area (Å²) in [4.78, 5) is 13.0. The first-order valence-electron chi connectivity index (χ1n) is 6.98. The van der Waals surface area contributed by atoms with Gasteiger partial charge in [0.15, 0.2) is 0 Å². The lowest BCUT2D eigenvalue weighted by Gasteiger charge is -2.19. The summed E-state index contributed by atoms with van der Waals surface area (Å²) in [7, 11) is 0. The molecule has 0 bridgehead atoms. The monoisotopic (exact) mass is 378 g/mol. The molecule has 0 aliphatic heterocycles. The van der Waals surface area contributed by atoms with E-state index in [2.05, 4.69) is 5.32 Å². The molecule has 0 spiro atoms. The van der Waals surface area contributed by atoms with Gasteiger partial charge in [0.2, 0.25) is 0 Å². The van der Waals surface area contributed by atoms with E-state index < -0.39 is 0 Å². The minimum atomic E-state index is -0.109. The molecule has 22 heavy (non-hydrogen) atoms. The fourth-order valence-corrected chi connectivity index (χ4v) is 4.62. The van der Waals surface area contributed by atoms with Crippen LogP contribution in [0.2, 0.25) is 10.0 Å². The first kappa shape index (κ1) is 17.8. The minimum absolute atomic E-state index is 0. The second-order valence-corrected chi connectivity index (χ2v) is 7.26. The van der Waals surface area contributed by atoms with E-state index in [9.17, 15) is 4.79 Å². The molecule has 2 unspecified atom stereocenters. The molecule has 3 rings (SSSR count). The van der Waals surface area contributed by atoms with E-state index in [1.165, 1.54) is 11.3 Å². The van der Waals surface area contributed by atoms with Crippen molar-refractivity contribution in [2.75, 3.05) is 6.54 Å². The first-order valence-corrected chi connectivity index (χ1v) is 8.56.